The lowest BCUT2D eigenvalue weighted by atomic mass is 9.90. The second-order valence-electron chi connectivity index (χ2n) is 3.97. The molecule has 0 aromatic heterocycles. The van der Waals surface area contributed by atoms with Gasteiger partial charge in [-0.3, -0.25) is 4.79 Å². The van der Waals surface area contributed by atoms with Crippen LogP contribution in [0.2, 0.25) is 0 Å². The second kappa shape index (κ2) is 3.58. The molecule has 0 amide bonds. The standard InChI is InChI=1S/C11H15NO2/c1-2-5-14-11(13)9-7-3-4-8(6-7)10(9)12/h2-4,7-10H,1,5-6,12H2/t7-,8+,9-,10-/m1/s1. The molecule has 0 heterocycles. The van der Waals surface area contributed by atoms with Crippen LogP contribution in [0.5, 0.6) is 0 Å². The Labute approximate surface area is 83.6 Å². The van der Waals surface area contributed by atoms with E-state index in [1.807, 2.05) is 0 Å². The largest absolute Gasteiger partial charge is 0.461 e. The van der Waals surface area contributed by atoms with E-state index in [-0.39, 0.29) is 24.5 Å². The van der Waals surface area contributed by atoms with Crippen molar-refractivity contribution in [3.63, 3.8) is 0 Å². The third-order valence-electron chi connectivity index (χ3n) is 3.14. The van der Waals surface area contributed by atoms with E-state index in [0.29, 0.717) is 11.8 Å². The van der Waals surface area contributed by atoms with Gasteiger partial charge in [-0.2, -0.15) is 0 Å². The van der Waals surface area contributed by atoms with Crippen molar-refractivity contribution >= 4 is 5.97 Å². The summed E-state index contributed by atoms with van der Waals surface area (Å²) >= 11 is 0. The first-order chi connectivity index (χ1) is 6.74. The van der Waals surface area contributed by atoms with Crippen LogP contribution >= 0.6 is 0 Å². The topological polar surface area (TPSA) is 52.3 Å². The van der Waals surface area contributed by atoms with Crippen molar-refractivity contribution in [3.05, 3.63) is 24.8 Å². The summed E-state index contributed by atoms with van der Waals surface area (Å²) in [6, 6.07) is -0.0534. The number of fused-ring (bicyclic) bond motifs is 2. The lowest BCUT2D eigenvalue weighted by molar-refractivity contribution is -0.148. The normalized spacial score (nSPS) is 38.6. The molecule has 4 atom stereocenters. The number of rotatable bonds is 3. The number of hydrogen-bond donors (Lipinski definition) is 1. The smallest absolute Gasteiger partial charge is 0.311 e. The van der Waals surface area contributed by atoms with Gasteiger partial charge >= 0.3 is 5.97 Å². The first-order valence-corrected chi connectivity index (χ1v) is 4.95. The maximum Gasteiger partial charge on any atom is 0.311 e. The number of carbonyl (C=O) groups excluding carboxylic acids is 1. The zero-order valence-electron chi connectivity index (χ0n) is 8.06. The summed E-state index contributed by atoms with van der Waals surface area (Å²) in [6.45, 7) is 3.78. The van der Waals surface area contributed by atoms with Crippen LogP contribution in [-0.2, 0) is 9.53 Å². The SMILES string of the molecule is C=CCOC(=O)[C@H]1[C@H](N)[C@H]2C=C[C@@H]1C2. The highest BCUT2D eigenvalue weighted by Crippen LogP contribution is 2.43. The Kier molecular flexibility index (Phi) is 2.42. The van der Waals surface area contributed by atoms with Gasteiger partial charge in [-0.15, -0.1) is 0 Å². The zero-order chi connectivity index (χ0) is 10.1. The molecule has 2 bridgehead atoms. The molecule has 2 aliphatic rings. The quantitative estimate of drug-likeness (QED) is 0.534. The monoisotopic (exact) mass is 193 g/mol. The first kappa shape index (κ1) is 9.46. The molecule has 1 saturated carbocycles. The molecule has 0 radical (unpaired) electrons. The molecule has 2 rings (SSSR count). The molecule has 3 nitrogen and oxygen atoms in total. The van der Waals surface area contributed by atoms with E-state index in [0.717, 1.165) is 6.42 Å². The van der Waals surface area contributed by atoms with Crippen LogP contribution in [0, 0.1) is 17.8 Å². The maximum atomic E-state index is 11.6. The van der Waals surface area contributed by atoms with E-state index in [4.69, 9.17) is 10.5 Å². The summed E-state index contributed by atoms with van der Waals surface area (Å²) in [5.41, 5.74) is 5.96. The minimum absolute atomic E-state index is 0.0534. The van der Waals surface area contributed by atoms with E-state index < -0.39 is 0 Å². The third-order valence-corrected chi connectivity index (χ3v) is 3.14. The molecular weight excluding hydrogens is 178 g/mol. The predicted octanol–water partition coefficient (Wildman–Crippen LogP) is 0.865. The van der Waals surface area contributed by atoms with E-state index >= 15 is 0 Å². The number of nitrogens with two attached hydrogens (primary N) is 1. The Balaban J connectivity index is 2.01. The van der Waals surface area contributed by atoms with Crippen LogP contribution in [0.4, 0.5) is 0 Å². The molecule has 1 fully saturated rings. The number of esters is 1. The van der Waals surface area contributed by atoms with Crippen molar-refractivity contribution in [1.82, 2.24) is 0 Å². The van der Waals surface area contributed by atoms with Crippen LogP contribution in [0.3, 0.4) is 0 Å². The Bertz CT molecular complexity index is 285. The number of hydrogen-bond acceptors (Lipinski definition) is 3. The Morgan fingerprint density at radius 3 is 2.86 bits per heavy atom. The predicted molar refractivity (Wildman–Crippen MR) is 53.4 cm³/mol. The first-order valence-electron chi connectivity index (χ1n) is 4.95. The van der Waals surface area contributed by atoms with E-state index in [9.17, 15) is 4.79 Å². The summed E-state index contributed by atoms with van der Waals surface area (Å²) in [4.78, 5) is 11.6. The Hall–Kier alpha value is -1.09. The summed E-state index contributed by atoms with van der Waals surface area (Å²) in [5.74, 6) is 0.368. The van der Waals surface area contributed by atoms with Gasteiger partial charge in [0, 0.05) is 6.04 Å². The molecule has 14 heavy (non-hydrogen) atoms. The highest BCUT2D eigenvalue weighted by molar-refractivity contribution is 5.75. The van der Waals surface area contributed by atoms with E-state index in [1.54, 1.807) is 6.08 Å². The molecule has 0 aromatic rings. The molecular formula is C11H15NO2. The molecule has 0 spiro atoms. The average molecular weight is 193 g/mol. The van der Waals surface area contributed by atoms with Gasteiger partial charge in [0.1, 0.15) is 6.61 Å². The van der Waals surface area contributed by atoms with Crippen molar-refractivity contribution in [2.45, 2.75) is 12.5 Å². The number of carbonyl (C=O) groups is 1. The van der Waals surface area contributed by atoms with E-state index in [1.165, 1.54) is 0 Å². The van der Waals surface area contributed by atoms with Crippen molar-refractivity contribution in [1.29, 1.82) is 0 Å². The van der Waals surface area contributed by atoms with Crippen LogP contribution in [0.15, 0.2) is 24.8 Å². The number of ether oxygens (including phenoxy) is 1. The molecule has 3 heteroatoms. The fourth-order valence-corrected chi connectivity index (χ4v) is 2.43. The summed E-state index contributed by atoms with van der Waals surface area (Å²) in [6.07, 6.45) is 6.79. The fraction of sp³-hybridized carbons (Fsp3) is 0.545. The lowest BCUT2D eigenvalue weighted by Gasteiger charge is -2.22. The third kappa shape index (κ3) is 1.38. The lowest BCUT2D eigenvalue weighted by Crippen LogP contribution is -2.39. The van der Waals surface area contributed by atoms with Crippen molar-refractivity contribution in [2.75, 3.05) is 6.61 Å². The highest BCUT2D eigenvalue weighted by atomic mass is 16.5. The molecule has 0 aliphatic heterocycles. The molecule has 0 aromatic carbocycles. The van der Waals surface area contributed by atoms with Gasteiger partial charge in [0.25, 0.3) is 0 Å². The summed E-state index contributed by atoms with van der Waals surface area (Å²) in [7, 11) is 0. The minimum Gasteiger partial charge on any atom is -0.461 e. The van der Waals surface area contributed by atoms with Gasteiger partial charge in [0.15, 0.2) is 0 Å². The molecule has 0 unspecified atom stereocenters. The summed E-state index contributed by atoms with van der Waals surface area (Å²) < 4.78 is 5.03. The number of allylic oxidation sites excluding steroid dienone is 1. The van der Waals surface area contributed by atoms with Gasteiger partial charge in [-0.1, -0.05) is 24.8 Å². The van der Waals surface area contributed by atoms with Gasteiger partial charge in [0.05, 0.1) is 5.92 Å². The summed E-state index contributed by atoms with van der Waals surface area (Å²) in [5, 5.41) is 0. The molecule has 2 aliphatic carbocycles. The molecule has 76 valence electrons. The minimum atomic E-state index is -0.172. The second-order valence-corrected chi connectivity index (χ2v) is 3.97. The Morgan fingerprint density at radius 1 is 1.57 bits per heavy atom. The van der Waals surface area contributed by atoms with Gasteiger partial charge < -0.3 is 10.5 Å². The zero-order valence-corrected chi connectivity index (χ0v) is 8.06. The Morgan fingerprint density at radius 2 is 2.29 bits per heavy atom. The molecule has 0 saturated heterocycles. The van der Waals surface area contributed by atoms with Crippen LogP contribution in [-0.4, -0.2) is 18.6 Å². The van der Waals surface area contributed by atoms with Gasteiger partial charge in [0.2, 0.25) is 0 Å². The van der Waals surface area contributed by atoms with Crippen molar-refractivity contribution in [2.24, 2.45) is 23.5 Å². The van der Waals surface area contributed by atoms with Crippen LogP contribution < -0.4 is 5.73 Å². The maximum absolute atomic E-state index is 11.6. The molecule has 2 N–H and O–H groups in total. The fourth-order valence-electron chi connectivity index (χ4n) is 2.43. The van der Waals surface area contributed by atoms with Crippen molar-refractivity contribution < 1.29 is 9.53 Å². The van der Waals surface area contributed by atoms with E-state index in [2.05, 4.69) is 18.7 Å². The van der Waals surface area contributed by atoms with Gasteiger partial charge in [-0.05, 0) is 18.3 Å². The van der Waals surface area contributed by atoms with Crippen molar-refractivity contribution in [3.8, 4) is 0 Å². The van der Waals surface area contributed by atoms with Gasteiger partial charge in [-0.25, -0.2) is 0 Å². The van der Waals surface area contributed by atoms with Crippen LogP contribution in [0.1, 0.15) is 6.42 Å². The average Bonchev–Trinajstić information content (AvgIpc) is 2.74. The highest BCUT2D eigenvalue weighted by Gasteiger charge is 2.47. The van der Waals surface area contributed by atoms with Crippen LogP contribution in [0.25, 0.3) is 0 Å².